The zero-order valence-corrected chi connectivity index (χ0v) is 15.1. The first-order valence-electron chi connectivity index (χ1n) is 8.83. The summed E-state index contributed by atoms with van der Waals surface area (Å²) in [6.07, 6.45) is 0.444. The Balaban J connectivity index is 1.69. The van der Waals surface area contributed by atoms with Crippen LogP contribution in [0, 0.1) is 17.8 Å². The number of rotatable bonds is 2. The van der Waals surface area contributed by atoms with Crippen LogP contribution in [0.25, 0.3) is 0 Å². The van der Waals surface area contributed by atoms with Crippen LogP contribution >= 0.6 is 0 Å². The van der Waals surface area contributed by atoms with Gasteiger partial charge in [-0.2, -0.15) is 0 Å². The molecule has 2 aliphatic heterocycles. The van der Waals surface area contributed by atoms with E-state index < -0.39 is 41.6 Å². The van der Waals surface area contributed by atoms with Crippen LogP contribution in [-0.2, 0) is 28.6 Å². The van der Waals surface area contributed by atoms with Gasteiger partial charge < -0.3 is 14.2 Å². The van der Waals surface area contributed by atoms with Crippen molar-refractivity contribution in [1.29, 1.82) is 0 Å². The number of allylic oxidation sites excluding steroid dienone is 1. The molecule has 0 unspecified atom stereocenters. The predicted octanol–water partition coefficient (Wildman–Crippen LogP) is 1.89. The minimum Gasteiger partial charge on any atom is -0.459 e. The van der Waals surface area contributed by atoms with E-state index >= 15 is 0 Å². The van der Waals surface area contributed by atoms with Crippen molar-refractivity contribution in [2.24, 2.45) is 17.8 Å². The number of esters is 2. The molecule has 0 spiro atoms. The summed E-state index contributed by atoms with van der Waals surface area (Å²) >= 11 is 0. The number of epoxide rings is 1. The molecule has 0 radical (unpaired) electrons. The van der Waals surface area contributed by atoms with Gasteiger partial charge in [-0.05, 0) is 26.8 Å². The molecule has 2 aliphatic carbocycles. The number of carbonyl (C=O) groups is 3. The molecule has 138 valence electrons. The first-order valence-corrected chi connectivity index (χ1v) is 8.83. The fourth-order valence-electron chi connectivity index (χ4n) is 4.52. The van der Waals surface area contributed by atoms with Crippen molar-refractivity contribution in [2.75, 3.05) is 0 Å². The molecule has 0 amide bonds. The monoisotopic (exact) mass is 358 g/mol. The largest absolute Gasteiger partial charge is 0.459 e. The normalized spacial score (nSPS) is 44.0. The smallest absolute Gasteiger partial charge is 0.341 e. The second-order valence-electron chi connectivity index (χ2n) is 7.89. The molecule has 0 bridgehead atoms. The molecule has 2 saturated heterocycles. The van der Waals surface area contributed by atoms with E-state index in [4.69, 9.17) is 14.2 Å². The number of ketones is 1. The van der Waals surface area contributed by atoms with Crippen LogP contribution in [0.1, 0.15) is 27.2 Å². The van der Waals surface area contributed by atoms with E-state index in [9.17, 15) is 14.4 Å². The van der Waals surface area contributed by atoms with Gasteiger partial charge >= 0.3 is 11.9 Å². The van der Waals surface area contributed by atoms with E-state index in [0.717, 1.165) is 5.57 Å². The molecule has 4 rings (SSSR count). The molecule has 26 heavy (non-hydrogen) atoms. The van der Waals surface area contributed by atoms with Gasteiger partial charge in [-0.1, -0.05) is 24.3 Å². The quantitative estimate of drug-likeness (QED) is 0.324. The Bertz CT molecular complexity index is 792. The van der Waals surface area contributed by atoms with Gasteiger partial charge in [0.2, 0.25) is 0 Å². The van der Waals surface area contributed by atoms with Crippen molar-refractivity contribution >= 4 is 17.7 Å². The molecule has 1 saturated carbocycles. The summed E-state index contributed by atoms with van der Waals surface area (Å²) in [7, 11) is 0. The van der Waals surface area contributed by atoms with Gasteiger partial charge in [0.25, 0.3) is 0 Å². The summed E-state index contributed by atoms with van der Waals surface area (Å²) in [6, 6.07) is 0. The molecule has 4 aliphatic rings. The molecule has 0 aromatic carbocycles. The Morgan fingerprint density at radius 2 is 1.96 bits per heavy atom. The van der Waals surface area contributed by atoms with Crippen LogP contribution in [0.4, 0.5) is 0 Å². The van der Waals surface area contributed by atoms with Gasteiger partial charge in [-0.3, -0.25) is 4.79 Å². The van der Waals surface area contributed by atoms with E-state index in [0.29, 0.717) is 12.0 Å². The van der Waals surface area contributed by atoms with Gasteiger partial charge in [0.15, 0.2) is 11.4 Å². The molecule has 0 aromatic rings. The first kappa shape index (κ1) is 17.2. The van der Waals surface area contributed by atoms with Crippen molar-refractivity contribution in [3.8, 4) is 0 Å². The summed E-state index contributed by atoms with van der Waals surface area (Å²) in [5, 5.41) is 0. The third kappa shape index (κ3) is 2.24. The maximum atomic E-state index is 12.6. The average molecular weight is 358 g/mol. The van der Waals surface area contributed by atoms with E-state index in [1.807, 2.05) is 6.92 Å². The third-order valence-corrected chi connectivity index (χ3v) is 6.28. The van der Waals surface area contributed by atoms with Gasteiger partial charge in [0, 0.05) is 17.9 Å². The molecule has 0 aromatic heterocycles. The van der Waals surface area contributed by atoms with Crippen molar-refractivity contribution in [3.63, 3.8) is 0 Å². The highest BCUT2D eigenvalue weighted by Crippen LogP contribution is 2.50. The van der Waals surface area contributed by atoms with Crippen molar-refractivity contribution in [1.82, 2.24) is 0 Å². The van der Waals surface area contributed by atoms with Crippen LogP contribution in [0.3, 0.4) is 0 Å². The highest BCUT2D eigenvalue weighted by molar-refractivity contribution is 5.98. The summed E-state index contributed by atoms with van der Waals surface area (Å²) < 4.78 is 16.7. The van der Waals surface area contributed by atoms with Crippen LogP contribution in [-0.4, -0.2) is 41.6 Å². The van der Waals surface area contributed by atoms with Gasteiger partial charge in [-0.15, -0.1) is 0 Å². The zero-order valence-electron chi connectivity index (χ0n) is 15.1. The Labute approximate surface area is 151 Å². The Kier molecular flexibility index (Phi) is 3.57. The third-order valence-electron chi connectivity index (χ3n) is 6.28. The molecular formula is C20H22O6. The zero-order chi connectivity index (χ0) is 19.0. The van der Waals surface area contributed by atoms with Crippen LogP contribution in [0.15, 0.2) is 36.0 Å². The lowest BCUT2D eigenvalue weighted by molar-refractivity contribution is -0.158. The van der Waals surface area contributed by atoms with E-state index in [-0.39, 0.29) is 23.4 Å². The lowest BCUT2D eigenvalue weighted by Crippen LogP contribution is -2.38. The van der Waals surface area contributed by atoms with Crippen molar-refractivity contribution < 1.29 is 28.6 Å². The first-order chi connectivity index (χ1) is 12.1. The number of ether oxygens (including phenoxy) is 3. The summed E-state index contributed by atoms with van der Waals surface area (Å²) in [5.41, 5.74) is 0.870. The topological polar surface area (TPSA) is 82.2 Å². The van der Waals surface area contributed by atoms with E-state index in [1.165, 1.54) is 0 Å². The minimum atomic E-state index is -0.963. The van der Waals surface area contributed by atoms with Crippen molar-refractivity contribution in [2.45, 2.75) is 51.1 Å². The van der Waals surface area contributed by atoms with Crippen LogP contribution in [0.5, 0.6) is 0 Å². The lowest BCUT2D eigenvalue weighted by Gasteiger charge is -2.28. The number of hydrogen-bond donors (Lipinski definition) is 0. The number of hydrogen-bond acceptors (Lipinski definition) is 6. The fourth-order valence-corrected chi connectivity index (χ4v) is 4.52. The highest BCUT2D eigenvalue weighted by Gasteiger charge is 2.60. The maximum Gasteiger partial charge on any atom is 0.341 e. The van der Waals surface area contributed by atoms with Gasteiger partial charge in [0.05, 0.1) is 17.9 Å². The van der Waals surface area contributed by atoms with Crippen molar-refractivity contribution in [3.05, 3.63) is 36.0 Å². The predicted molar refractivity (Wildman–Crippen MR) is 90.8 cm³/mol. The number of carbonyl (C=O) groups excluding carboxylic acids is 3. The molecule has 7 atom stereocenters. The minimum absolute atomic E-state index is 0.0390. The van der Waals surface area contributed by atoms with Crippen LogP contribution < -0.4 is 0 Å². The summed E-state index contributed by atoms with van der Waals surface area (Å²) in [4.78, 5) is 37.2. The molecule has 0 N–H and O–H groups in total. The van der Waals surface area contributed by atoms with E-state index in [1.54, 1.807) is 19.9 Å². The Morgan fingerprint density at radius 1 is 1.31 bits per heavy atom. The summed E-state index contributed by atoms with van der Waals surface area (Å²) in [5.74, 6) is -2.23. The molecule has 2 heterocycles. The highest BCUT2D eigenvalue weighted by atomic mass is 16.7. The molecule has 6 heteroatoms. The molecule has 6 nitrogen and oxygen atoms in total. The standard InChI is InChI=1S/C20H22O6/c1-8-6-12(21)14-9(2)7-13(24-19(23)20(5)11(4)26-20)16-10(3)18(22)25-17(16)15(8)14/h6,11,13-17H,2-3,7H2,1,4-5H3/t11-,13-,14-,15+,16-,17-,20-/m0/s1. The molecule has 3 fully saturated rings. The summed E-state index contributed by atoms with van der Waals surface area (Å²) in [6.45, 7) is 13.3. The van der Waals surface area contributed by atoms with Gasteiger partial charge in [-0.25, -0.2) is 9.59 Å². The lowest BCUT2D eigenvalue weighted by atomic mass is 9.80. The Hall–Kier alpha value is -2.21. The van der Waals surface area contributed by atoms with E-state index in [2.05, 4.69) is 13.2 Å². The average Bonchev–Trinajstić information content (AvgIpc) is 2.95. The second kappa shape index (κ2) is 5.39. The second-order valence-corrected chi connectivity index (χ2v) is 7.89. The number of fused-ring (bicyclic) bond motifs is 3. The SMILES string of the molecule is C=C1C[C@H](OC(=O)[C@@]2(C)O[C@H]2C)[C@@H]2C(=C)C(=O)O[C@H]2[C@@H]2C(C)=CC(=O)[C@H]12. The Morgan fingerprint density at radius 3 is 2.58 bits per heavy atom. The maximum absolute atomic E-state index is 12.6. The van der Waals surface area contributed by atoms with Gasteiger partial charge in [0.1, 0.15) is 12.2 Å². The van der Waals surface area contributed by atoms with Crippen LogP contribution in [0.2, 0.25) is 0 Å². The molecular weight excluding hydrogens is 336 g/mol. The fraction of sp³-hybridized carbons (Fsp3) is 0.550.